The maximum atomic E-state index is 11.4. The van der Waals surface area contributed by atoms with E-state index in [4.69, 9.17) is 4.74 Å². The number of carbonyl (C=O) groups is 2. The Hall–Kier alpha value is -1.14. The Kier molecular flexibility index (Phi) is 6.67. The van der Waals surface area contributed by atoms with Gasteiger partial charge < -0.3 is 20.3 Å². The minimum Gasteiger partial charge on any atom is -0.376 e. The molecule has 0 radical (unpaired) electrons. The van der Waals surface area contributed by atoms with E-state index in [1.807, 2.05) is 19.0 Å². The molecule has 0 saturated carbocycles. The number of hydrogen-bond donors (Lipinski definition) is 2. The summed E-state index contributed by atoms with van der Waals surface area (Å²) in [5.74, 6) is -1.14. The first-order chi connectivity index (χ1) is 8.59. The third-order valence-corrected chi connectivity index (χ3v) is 2.79. The Labute approximate surface area is 108 Å². The highest BCUT2D eigenvalue weighted by Crippen LogP contribution is 2.10. The summed E-state index contributed by atoms with van der Waals surface area (Å²) >= 11 is 0. The van der Waals surface area contributed by atoms with E-state index in [2.05, 4.69) is 10.6 Å². The van der Waals surface area contributed by atoms with Gasteiger partial charge in [-0.05, 0) is 39.9 Å². The van der Waals surface area contributed by atoms with Crippen molar-refractivity contribution in [1.82, 2.24) is 15.5 Å². The predicted molar refractivity (Wildman–Crippen MR) is 68.2 cm³/mol. The van der Waals surface area contributed by atoms with Crippen LogP contribution in [0.3, 0.4) is 0 Å². The van der Waals surface area contributed by atoms with Crippen LogP contribution in [0.2, 0.25) is 0 Å². The molecule has 1 rings (SSSR count). The Balaban J connectivity index is 2.06. The van der Waals surface area contributed by atoms with E-state index in [9.17, 15) is 9.59 Å². The lowest BCUT2D eigenvalue weighted by atomic mass is 10.2. The van der Waals surface area contributed by atoms with E-state index in [1.165, 1.54) is 0 Å². The number of carbonyl (C=O) groups excluding carboxylic acids is 2. The van der Waals surface area contributed by atoms with Gasteiger partial charge in [0.15, 0.2) is 0 Å². The van der Waals surface area contributed by atoms with Crippen molar-refractivity contribution in [2.24, 2.45) is 0 Å². The third kappa shape index (κ3) is 5.97. The number of amides is 2. The molecule has 0 unspecified atom stereocenters. The van der Waals surface area contributed by atoms with E-state index in [1.54, 1.807) is 0 Å². The smallest absolute Gasteiger partial charge is 0.309 e. The standard InChI is InChI=1S/C12H23N3O3/c1-15(2)7-4-6-13-11(16)12(17)14-9-10-5-3-8-18-10/h10H,3-9H2,1-2H3,(H,13,16)(H,14,17)/t10-/m1/s1. The first kappa shape index (κ1) is 14.9. The summed E-state index contributed by atoms with van der Waals surface area (Å²) in [5, 5.41) is 5.18. The van der Waals surface area contributed by atoms with Gasteiger partial charge in [-0.3, -0.25) is 9.59 Å². The molecule has 0 bridgehead atoms. The zero-order valence-electron chi connectivity index (χ0n) is 11.2. The maximum absolute atomic E-state index is 11.4. The van der Waals surface area contributed by atoms with E-state index >= 15 is 0 Å². The summed E-state index contributed by atoms with van der Waals surface area (Å²) in [6.45, 7) is 2.57. The second kappa shape index (κ2) is 8.05. The lowest BCUT2D eigenvalue weighted by molar-refractivity contribution is -0.139. The zero-order valence-corrected chi connectivity index (χ0v) is 11.2. The van der Waals surface area contributed by atoms with Crippen LogP contribution < -0.4 is 10.6 Å². The largest absolute Gasteiger partial charge is 0.376 e. The maximum Gasteiger partial charge on any atom is 0.309 e. The van der Waals surface area contributed by atoms with Crippen LogP contribution in [0.25, 0.3) is 0 Å². The van der Waals surface area contributed by atoms with Crippen molar-refractivity contribution in [1.29, 1.82) is 0 Å². The van der Waals surface area contributed by atoms with Crippen LogP contribution in [0.4, 0.5) is 0 Å². The molecule has 1 saturated heterocycles. The highest BCUT2D eigenvalue weighted by molar-refractivity contribution is 6.35. The molecule has 0 spiro atoms. The molecule has 6 heteroatoms. The molecule has 104 valence electrons. The van der Waals surface area contributed by atoms with Crippen molar-refractivity contribution in [2.45, 2.75) is 25.4 Å². The van der Waals surface area contributed by atoms with Gasteiger partial charge in [0.2, 0.25) is 0 Å². The molecule has 2 N–H and O–H groups in total. The summed E-state index contributed by atoms with van der Waals surface area (Å²) in [6, 6.07) is 0. The predicted octanol–water partition coefficient (Wildman–Crippen LogP) is -0.650. The minimum absolute atomic E-state index is 0.0653. The minimum atomic E-state index is -0.574. The van der Waals surface area contributed by atoms with Gasteiger partial charge in [-0.15, -0.1) is 0 Å². The number of nitrogens with zero attached hydrogens (tertiary/aromatic N) is 1. The summed E-state index contributed by atoms with van der Waals surface area (Å²) in [4.78, 5) is 24.9. The summed E-state index contributed by atoms with van der Waals surface area (Å²) in [7, 11) is 3.94. The molecule has 6 nitrogen and oxygen atoms in total. The Morgan fingerprint density at radius 2 is 2.00 bits per heavy atom. The first-order valence-corrected chi connectivity index (χ1v) is 6.42. The van der Waals surface area contributed by atoms with Crippen LogP contribution in [0.5, 0.6) is 0 Å². The topological polar surface area (TPSA) is 70.7 Å². The van der Waals surface area contributed by atoms with Gasteiger partial charge in [-0.1, -0.05) is 0 Å². The normalized spacial score (nSPS) is 18.9. The quantitative estimate of drug-likeness (QED) is 0.490. The molecule has 18 heavy (non-hydrogen) atoms. The fraction of sp³-hybridized carbons (Fsp3) is 0.833. The van der Waals surface area contributed by atoms with E-state index in [-0.39, 0.29) is 6.10 Å². The Bertz CT molecular complexity index is 276. The van der Waals surface area contributed by atoms with Gasteiger partial charge >= 0.3 is 11.8 Å². The summed E-state index contributed by atoms with van der Waals surface area (Å²) in [5.41, 5.74) is 0. The molecule has 1 aliphatic rings. The number of rotatable bonds is 6. The van der Waals surface area contributed by atoms with Crippen LogP contribution >= 0.6 is 0 Å². The molecule has 0 aromatic heterocycles. The van der Waals surface area contributed by atoms with Crippen LogP contribution in [0.15, 0.2) is 0 Å². The molecule has 1 atom stereocenters. The molecule has 1 aliphatic heterocycles. The van der Waals surface area contributed by atoms with Gasteiger partial charge in [-0.2, -0.15) is 0 Å². The second-order valence-corrected chi connectivity index (χ2v) is 4.76. The van der Waals surface area contributed by atoms with E-state index < -0.39 is 11.8 Å². The monoisotopic (exact) mass is 257 g/mol. The van der Waals surface area contributed by atoms with Crippen molar-refractivity contribution in [2.75, 3.05) is 40.3 Å². The molecular weight excluding hydrogens is 234 g/mol. The Morgan fingerprint density at radius 1 is 1.28 bits per heavy atom. The SMILES string of the molecule is CN(C)CCCNC(=O)C(=O)NC[C@H]1CCCO1. The van der Waals surface area contributed by atoms with Crippen LogP contribution in [-0.2, 0) is 14.3 Å². The van der Waals surface area contributed by atoms with Crippen molar-refractivity contribution in [3.63, 3.8) is 0 Å². The first-order valence-electron chi connectivity index (χ1n) is 6.42. The highest BCUT2D eigenvalue weighted by Gasteiger charge is 2.18. The molecule has 2 amide bonds. The highest BCUT2D eigenvalue weighted by atomic mass is 16.5. The lowest BCUT2D eigenvalue weighted by Crippen LogP contribution is -2.43. The fourth-order valence-electron chi connectivity index (χ4n) is 1.77. The van der Waals surface area contributed by atoms with Gasteiger partial charge in [0, 0.05) is 19.7 Å². The van der Waals surface area contributed by atoms with Crippen molar-refractivity contribution in [3.8, 4) is 0 Å². The number of hydrogen-bond acceptors (Lipinski definition) is 4. The average molecular weight is 257 g/mol. The zero-order chi connectivity index (χ0) is 13.4. The molecule has 1 fully saturated rings. The summed E-state index contributed by atoms with van der Waals surface area (Å²) in [6.07, 6.45) is 2.87. The van der Waals surface area contributed by atoms with Crippen molar-refractivity contribution in [3.05, 3.63) is 0 Å². The fourth-order valence-corrected chi connectivity index (χ4v) is 1.77. The molecule has 0 aromatic rings. The number of ether oxygens (including phenoxy) is 1. The summed E-state index contributed by atoms with van der Waals surface area (Å²) < 4.78 is 5.36. The molecule has 0 aliphatic carbocycles. The van der Waals surface area contributed by atoms with Gasteiger partial charge in [0.1, 0.15) is 0 Å². The van der Waals surface area contributed by atoms with Crippen LogP contribution in [0, 0.1) is 0 Å². The molecule has 0 aromatic carbocycles. The second-order valence-electron chi connectivity index (χ2n) is 4.76. The Morgan fingerprint density at radius 3 is 2.61 bits per heavy atom. The van der Waals surface area contributed by atoms with Crippen molar-refractivity contribution >= 4 is 11.8 Å². The van der Waals surface area contributed by atoms with E-state index in [0.29, 0.717) is 13.1 Å². The van der Waals surface area contributed by atoms with Crippen LogP contribution in [-0.4, -0.2) is 63.2 Å². The van der Waals surface area contributed by atoms with Crippen molar-refractivity contribution < 1.29 is 14.3 Å². The number of nitrogens with one attached hydrogen (secondary N) is 2. The van der Waals surface area contributed by atoms with Gasteiger partial charge in [0.25, 0.3) is 0 Å². The van der Waals surface area contributed by atoms with Crippen LogP contribution in [0.1, 0.15) is 19.3 Å². The average Bonchev–Trinajstić information content (AvgIpc) is 2.84. The third-order valence-electron chi connectivity index (χ3n) is 2.79. The lowest BCUT2D eigenvalue weighted by Gasteiger charge is -2.11. The molecular formula is C12H23N3O3. The van der Waals surface area contributed by atoms with E-state index in [0.717, 1.165) is 32.4 Å². The molecule has 1 heterocycles. The van der Waals surface area contributed by atoms with Gasteiger partial charge in [-0.25, -0.2) is 0 Å². The van der Waals surface area contributed by atoms with Gasteiger partial charge in [0.05, 0.1) is 6.10 Å².